The minimum Gasteiger partial charge on any atom is -0.381 e. The van der Waals surface area contributed by atoms with Gasteiger partial charge < -0.3 is 9.64 Å². The summed E-state index contributed by atoms with van der Waals surface area (Å²) in [4.78, 5) is 12.8. The number of carbonyl (C=O) groups is 1. The molecule has 0 aromatic heterocycles. The Morgan fingerprint density at radius 2 is 1.73 bits per heavy atom. The number of unbranched alkanes of at least 4 members (excludes halogenated alkanes) is 3. The standard InChI is InChI=1S/C12H25NO2/c1-4-5-6-7-10-15-11-8-9-12(14)13(2)3/h4-11H2,1-3H3. The van der Waals surface area contributed by atoms with E-state index in [-0.39, 0.29) is 5.91 Å². The lowest BCUT2D eigenvalue weighted by molar-refractivity contribution is -0.129. The molecule has 0 spiro atoms. The maximum Gasteiger partial charge on any atom is 0.222 e. The van der Waals surface area contributed by atoms with Gasteiger partial charge in [0.1, 0.15) is 0 Å². The fourth-order valence-electron chi connectivity index (χ4n) is 1.28. The number of hydrogen-bond acceptors (Lipinski definition) is 2. The van der Waals surface area contributed by atoms with Gasteiger partial charge in [0.2, 0.25) is 5.91 Å². The summed E-state index contributed by atoms with van der Waals surface area (Å²) in [6.45, 7) is 3.76. The summed E-state index contributed by atoms with van der Waals surface area (Å²) in [6, 6.07) is 0. The molecule has 0 bridgehead atoms. The van der Waals surface area contributed by atoms with Crippen LogP contribution in [0, 0.1) is 0 Å². The van der Waals surface area contributed by atoms with Gasteiger partial charge in [-0.15, -0.1) is 0 Å². The fraction of sp³-hybridized carbons (Fsp3) is 0.917. The van der Waals surface area contributed by atoms with Crippen molar-refractivity contribution in [2.24, 2.45) is 0 Å². The molecule has 90 valence electrons. The van der Waals surface area contributed by atoms with Gasteiger partial charge in [0.25, 0.3) is 0 Å². The Bertz CT molecular complexity index is 158. The summed E-state index contributed by atoms with van der Waals surface area (Å²) >= 11 is 0. The van der Waals surface area contributed by atoms with Crippen molar-refractivity contribution >= 4 is 5.91 Å². The van der Waals surface area contributed by atoms with E-state index in [1.807, 2.05) is 0 Å². The van der Waals surface area contributed by atoms with Crippen LogP contribution in [-0.4, -0.2) is 38.1 Å². The zero-order chi connectivity index (χ0) is 11.5. The quantitative estimate of drug-likeness (QED) is 0.553. The monoisotopic (exact) mass is 215 g/mol. The van der Waals surface area contributed by atoms with E-state index in [0.29, 0.717) is 13.0 Å². The van der Waals surface area contributed by atoms with Crippen LogP contribution in [0.25, 0.3) is 0 Å². The second-order valence-corrected chi connectivity index (χ2v) is 4.06. The zero-order valence-corrected chi connectivity index (χ0v) is 10.4. The van der Waals surface area contributed by atoms with Gasteiger partial charge in [-0.1, -0.05) is 26.2 Å². The van der Waals surface area contributed by atoms with Crippen molar-refractivity contribution < 1.29 is 9.53 Å². The van der Waals surface area contributed by atoms with Crippen LogP contribution < -0.4 is 0 Å². The first kappa shape index (κ1) is 14.4. The number of hydrogen-bond donors (Lipinski definition) is 0. The molecule has 0 aliphatic rings. The second-order valence-electron chi connectivity index (χ2n) is 4.06. The van der Waals surface area contributed by atoms with Gasteiger partial charge >= 0.3 is 0 Å². The van der Waals surface area contributed by atoms with E-state index < -0.39 is 0 Å². The first-order valence-corrected chi connectivity index (χ1v) is 5.96. The highest BCUT2D eigenvalue weighted by atomic mass is 16.5. The normalized spacial score (nSPS) is 10.3. The van der Waals surface area contributed by atoms with Crippen LogP contribution in [0.15, 0.2) is 0 Å². The summed E-state index contributed by atoms with van der Waals surface area (Å²) in [5, 5.41) is 0. The molecule has 0 atom stereocenters. The van der Waals surface area contributed by atoms with Crippen molar-refractivity contribution in [3.05, 3.63) is 0 Å². The van der Waals surface area contributed by atoms with Gasteiger partial charge in [0.15, 0.2) is 0 Å². The molecule has 0 rings (SSSR count). The van der Waals surface area contributed by atoms with Crippen molar-refractivity contribution in [3.8, 4) is 0 Å². The third kappa shape index (κ3) is 9.73. The maximum atomic E-state index is 11.2. The van der Waals surface area contributed by atoms with Crippen LogP contribution in [0.2, 0.25) is 0 Å². The smallest absolute Gasteiger partial charge is 0.222 e. The average molecular weight is 215 g/mol. The first-order valence-electron chi connectivity index (χ1n) is 5.96. The van der Waals surface area contributed by atoms with E-state index in [2.05, 4.69) is 6.92 Å². The van der Waals surface area contributed by atoms with Crippen molar-refractivity contribution in [2.75, 3.05) is 27.3 Å². The Balaban J connectivity index is 3.08. The predicted octanol–water partition coefficient (Wildman–Crippen LogP) is 2.45. The highest BCUT2D eigenvalue weighted by molar-refractivity contribution is 5.75. The lowest BCUT2D eigenvalue weighted by atomic mass is 10.2. The molecular formula is C12H25NO2. The Morgan fingerprint density at radius 3 is 2.33 bits per heavy atom. The highest BCUT2D eigenvalue weighted by Gasteiger charge is 2.02. The summed E-state index contributed by atoms with van der Waals surface area (Å²) in [5.74, 6) is 0.185. The molecule has 0 fully saturated rings. The van der Waals surface area contributed by atoms with E-state index in [4.69, 9.17) is 4.74 Å². The molecule has 3 heteroatoms. The molecule has 0 saturated heterocycles. The summed E-state index contributed by atoms with van der Waals surface area (Å²) in [7, 11) is 3.57. The molecule has 15 heavy (non-hydrogen) atoms. The summed E-state index contributed by atoms with van der Waals surface area (Å²) in [6.07, 6.45) is 6.40. The molecule has 0 aromatic carbocycles. The van der Waals surface area contributed by atoms with Crippen LogP contribution in [0.3, 0.4) is 0 Å². The molecule has 0 aliphatic carbocycles. The molecule has 0 unspecified atom stereocenters. The molecular weight excluding hydrogens is 190 g/mol. The molecule has 0 aromatic rings. The minimum absolute atomic E-state index is 0.185. The first-order chi connectivity index (χ1) is 7.18. The highest BCUT2D eigenvalue weighted by Crippen LogP contribution is 2.00. The van der Waals surface area contributed by atoms with E-state index >= 15 is 0 Å². The van der Waals surface area contributed by atoms with Gasteiger partial charge in [0, 0.05) is 33.7 Å². The second kappa shape index (κ2) is 9.97. The number of ether oxygens (including phenoxy) is 1. The minimum atomic E-state index is 0.185. The van der Waals surface area contributed by atoms with E-state index in [1.54, 1.807) is 19.0 Å². The summed E-state index contributed by atoms with van der Waals surface area (Å²) < 4.78 is 5.44. The van der Waals surface area contributed by atoms with E-state index in [0.717, 1.165) is 19.4 Å². The number of amides is 1. The molecule has 0 saturated carbocycles. The van der Waals surface area contributed by atoms with E-state index in [9.17, 15) is 4.79 Å². The number of nitrogens with zero attached hydrogens (tertiary/aromatic N) is 1. The Hall–Kier alpha value is -0.570. The van der Waals surface area contributed by atoms with Crippen molar-refractivity contribution in [1.29, 1.82) is 0 Å². The Kier molecular flexibility index (Phi) is 9.59. The molecule has 0 aliphatic heterocycles. The maximum absolute atomic E-state index is 11.2. The molecule has 1 amide bonds. The van der Waals surface area contributed by atoms with Crippen molar-refractivity contribution in [3.63, 3.8) is 0 Å². The van der Waals surface area contributed by atoms with Crippen LogP contribution >= 0.6 is 0 Å². The molecule has 3 nitrogen and oxygen atoms in total. The van der Waals surface area contributed by atoms with Gasteiger partial charge in [-0.3, -0.25) is 4.79 Å². The molecule has 0 radical (unpaired) electrons. The lowest BCUT2D eigenvalue weighted by Crippen LogP contribution is -2.21. The predicted molar refractivity (Wildman–Crippen MR) is 62.9 cm³/mol. The van der Waals surface area contributed by atoms with Gasteiger partial charge in [-0.2, -0.15) is 0 Å². The van der Waals surface area contributed by atoms with Gasteiger partial charge in [0.05, 0.1) is 0 Å². The zero-order valence-electron chi connectivity index (χ0n) is 10.4. The van der Waals surface area contributed by atoms with Gasteiger partial charge in [-0.05, 0) is 12.8 Å². The topological polar surface area (TPSA) is 29.5 Å². The van der Waals surface area contributed by atoms with E-state index in [1.165, 1.54) is 19.3 Å². The van der Waals surface area contributed by atoms with Crippen LogP contribution in [0.4, 0.5) is 0 Å². The Labute approximate surface area is 93.8 Å². The lowest BCUT2D eigenvalue weighted by Gasteiger charge is -2.09. The number of carbonyl (C=O) groups excluding carboxylic acids is 1. The average Bonchev–Trinajstić information content (AvgIpc) is 2.21. The van der Waals surface area contributed by atoms with Crippen molar-refractivity contribution in [1.82, 2.24) is 4.90 Å². The summed E-state index contributed by atoms with van der Waals surface area (Å²) in [5.41, 5.74) is 0. The number of rotatable bonds is 9. The third-order valence-electron chi connectivity index (χ3n) is 2.32. The van der Waals surface area contributed by atoms with Crippen molar-refractivity contribution in [2.45, 2.75) is 45.4 Å². The fourth-order valence-corrected chi connectivity index (χ4v) is 1.28. The van der Waals surface area contributed by atoms with Gasteiger partial charge in [-0.25, -0.2) is 0 Å². The Morgan fingerprint density at radius 1 is 1.07 bits per heavy atom. The third-order valence-corrected chi connectivity index (χ3v) is 2.32. The molecule has 0 heterocycles. The SMILES string of the molecule is CCCCCCOCCCC(=O)N(C)C. The van der Waals surface area contributed by atoms with Crippen LogP contribution in [-0.2, 0) is 9.53 Å². The van der Waals surface area contributed by atoms with Crippen LogP contribution in [0.5, 0.6) is 0 Å². The molecule has 0 N–H and O–H groups in total. The largest absolute Gasteiger partial charge is 0.381 e. The van der Waals surface area contributed by atoms with Crippen LogP contribution in [0.1, 0.15) is 45.4 Å².